The van der Waals surface area contributed by atoms with E-state index in [-0.39, 0.29) is 11.9 Å². The summed E-state index contributed by atoms with van der Waals surface area (Å²) in [6.07, 6.45) is 0. The van der Waals surface area contributed by atoms with Gasteiger partial charge in [0.15, 0.2) is 0 Å². The Morgan fingerprint density at radius 3 is 2.29 bits per heavy atom. The molecular formula is C22H24N2O4. The van der Waals surface area contributed by atoms with Crippen LogP contribution in [0.15, 0.2) is 53.1 Å². The molecule has 0 aliphatic rings. The van der Waals surface area contributed by atoms with E-state index in [0.29, 0.717) is 17.9 Å². The Balaban J connectivity index is 1.58. The molecule has 28 heavy (non-hydrogen) atoms. The summed E-state index contributed by atoms with van der Waals surface area (Å²) in [7, 11) is 1.63. The number of methoxy groups -OCH3 is 1. The molecule has 1 aromatic heterocycles. The molecule has 146 valence electrons. The van der Waals surface area contributed by atoms with Crippen molar-refractivity contribution in [2.45, 2.75) is 33.4 Å². The Morgan fingerprint density at radius 2 is 1.71 bits per heavy atom. The van der Waals surface area contributed by atoms with E-state index in [1.54, 1.807) is 31.4 Å². The fraction of sp³-hybridized carbons (Fsp3) is 0.273. The summed E-state index contributed by atoms with van der Waals surface area (Å²) in [5.41, 5.74) is 3.34. The number of hydrogen-bond donors (Lipinski definition) is 1. The minimum absolute atomic E-state index is 0.117. The number of nitrogens with zero attached hydrogens (tertiary/aromatic N) is 1. The van der Waals surface area contributed by atoms with Crippen LogP contribution >= 0.6 is 0 Å². The van der Waals surface area contributed by atoms with Crippen molar-refractivity contribution in [3.63, 3.8) is 0 Å². The molecule has 1 atom stereocenters. The Bertz CT molecular complexity index is 911. The van der Waals surface area contributed by atoms with E-state index < -0.39 is 0 Å². The van der Waals surface area contributed by atoms with Crippen LogP contribution < -0.4 is 14.8 Å². The van der Waals surface area contributed by atoms with Gasteiger partial charge in [0, 0.05) is 5.56 Å². The molecule has 6 nitrogen and oxygen atoms in total. The first-order chi connectivity index (χ1) is 13.5. The number of nitrogens with one attached hydrogen (secondary N) is 1. The van der Waals surface area contributed by atoms with Gasteiger partial charge in [-0.1, -0.05) is 17.3 Å². The highest BCUT2D eigenvalue weighted by Crippen LogP contribution is 2.20. The summed E-state index contributed by atoms with van der Waals surface area (Å²) in [6.45, 7) is 6.06. The number of benzene rings is 2. The summed E-state index contributed by atoms with van der Waals surface area (Å²) in [6, 6.07) is 14.6. The Hall–Kier alpha value is -3.28. The fourth-order valence-electron chi connectivity index (χ4n) is 2.82. The topological polar surface area (TPSA) is 73.6 Å². The van der Waals surface area contributed by atoms with Gasteiger partial charge < -0.3 is 19.3 Å². The normalized spacial score (nSPS) is 11.7. The lowest BCUT2D eigenvalue weighted by Gasteiger charge is -2.15. The smallest absolute Gasteiger partial charge is 0.251 e. The number of aryl methyl sites for hydroxylation is 2. The number of carbonyl (C=O) groups excluding carboxylic acids is 1. The van der Waals surface area contributed by atoms with Crippen LogP contribution in [0.3, 0.4) is 0 Å². The predicted octanol–water partition coefficient (Wildman–Crippen LogP) is 4.37. The van der Waals surface area contributed by atoms with Gasteiger partial charge in [-0.15, -0.1) is 0 Å². The van der Waals surface area contributed by atoms with Gasteiger partial charge in [-0.05, 0) is 62.7 Å². The first-order valence-corrected chi connectivity index (χ1v) is 9.07. The molecule has 0 bridgehead atoms. The van der Waals surface area contributed by atoms with E-state index in [1.807, 2.05) is 45.0 Å². The Labute approximate surface area is 164 Å². The van der Waals surface area contributed by atoms with Crippen molar-refractivity contribution in [1.29, 1.82) is 0 Å². The van der Waals surface area contributed by atoms with Crippen LogP contribution in [0.4, 0.5) is 0 Å². The number of amides is 1. The molecule has 6 heteroatoms. The third-order valence-corrected chi connectivity index (χ3v) is 4.64. The zero-order valence-electron chi connectivity index (χ0n) is 16.5. The highest BCUT2D eigenvalue weighted by atomic mass is 16.5. The van der Waals surface area contributed by atoms with Crippen molar-refractivity contribution in [1.82, 2.24) is 10.5 Å². The van der Waals surface area contributed by atoms with Crippen molar-refractivity contribution in [3.8, 4) is 11.5 Å². The monoisotopic (exact) mass is 380 g/mol. The van der Waals surface area contributed by atoms with E-state index in [4.69, 9.17) is 14.0 Å². The molecule has 0 saturated heterocycles. The van der Waals surface area contributed by atoms with Gasteiger partial charge in [-0.2, -0.15) is 0 Å². The molecule has 3 rings (SSSR count). The van der Waals surface area contributed by atoms with Crippen LogP contribution in [0.2, 0.25) is 0 Å². The first kappa shape index (κ1) is 19.5. The van der Waals surface area contributed by atoms with E-state index >= 15 is 0 Å². The fourth-order valence-corrected chi connectivity index (χ4v) is 2.82. The number of carbonyl (C=O) groups is 1. The molecule has 0 spiro atoms. The molecule has 3 aromatic rings. The second-order valence-electron chi connectivity index (χ2n) is 6.58. The van der Waals surface area contributed by atoms with E-state index in [0.717, 1.165) is 28.3 Å². The van der Waals surface area contributed by atoms with Crippen LogP contribution in [0.1, 0.15) is 45.9 Å². The van der Waals surface area contributed by atoms with Crippen LogP contribution in [0, 0.1) is 13.8 Å². The minimum Gasteiger partial charge on any atom is -0.497 e. The van der Waals surface area contributed by atoms with Crippen LogP contribution in [-0.2, 0) is 6.61 Å². The lowest BCUT2D eigenvalue weighted by Crippen LogP contribution is -2.26. The van der Waals surface area contributed by atoms with Gasteiger partial charge in [-0.25, -0.2) is 0 Å². The maximum absolute atomic E-state index is 12.5. The first-order valence-electron chi connectivity index (χ1n) is 9.07. The third kappa shape index (κ3) is 4.52. The molecule has 0 radical (unpaired) electrons. The lowest BCUT2D eigenvalue weighted by atomic mass is 10.1. The van der Waals surface area contributed by atoms with E-state index in [1.165, 1.54) is 0 Å². The van der Waals surface area contributed by atoms with Crippen molar-refractivity contribution in [2.24, 2.45) is 0 Å². The summed E-state index contributed by atoms with van der Waals surface area (Å²) in [5.74, 6) is 2.08. The molecule has 1 unspecified atom stereocenters. The average Bonchev–Trinajstić information content (AvgIpc) is 3.04. The summed E-state index contributed by atoms with van der Waals surface area (Å²) < 4.78 is 16.1. The van der Waals surface area contributed by atoms with Crippen molar-refractivity contribution < 1.29 is 18.8 Å². The van der Waals surface area contributed by atoms with Gasteiger partial charge in [0.05, 0.1) is 24.4 Å². The molecule has 1 heterocycles. The third-order valence-electron chi connectivity index (χ3n) is 4.64. The van der Waals surface area contributed by atoms with Gasteiger partial charge in [0.1, 0.15) is 23.9 Å². The lowest BCUT2D eigenvalue weighted by molar-refractivity contribution is 0.0940. The van der Waals surface area contributed by atoms with Crippen LogP contribution in [0.25, 0.3) is 0 Å². The molecular weight excluding hydrogens is 356 g/mol. The van der Waals surface area contributed by atoms with Crippen LogP contribution in [-0.4, -0.2) is 18.2 Å². The zero-order chi connectivity index (χ0) is 20.1. The summed E-state index contributed by atoms with van der Waals surface area (Å²) in [4.78, 5) is 12.5. The number of ether oxygens (including phenoxy) is 2. The van der Waals surface area contributed by atoms with Gasteiger partial charge in [0.2, 0.25) is 0 Å². The second kappa shape index (κ2) is 8.61. The van der Waals surface area contributed by atoms with Crippen LogP contribution in [0.5, 0.6) is 11.5 Å². The largest absolute Gasteiger partial charge is 0.497 e. The maximum Gasteiger partial charge on any atom is 0.251 e. The SMILES string of the molecule is COc1ccc(C(C)NC(=O)c2ccc(OCc3c(C)noc3C)cc2)cc1. The predicted molar refractivity (Wildman–Crippen MR) is 106 cm³/mol. The van der Waals surface area contributed by atoms with Crippen molar-refractivity contribution in [3.05, 3.63) is 76.7 Å². The molecule has 0 saturated carbocycles. The van der Waals surface area contributed by atoms with Gasteiger partial charge >= 0.3 is 0 Å². The average molecular weight is 380 g/mol. The molecule has 2 aromatic carbocycles. The molecule has 1 N–H and O–H groups in total. The molecule has 0 fully saturated rings. The molecule has 0 aliphatic carbocycles. The van der Waals surface area contributed by atoms with Crippen molar-refractivity contribution >= 4 is 5.91 Å². The molecule has 1 amide bonds. The van der Waals surface area contributed by atoms with E-state index in [2.05, 4.69) is 10.5 Å². The summed E-state index contributed by atoms with van der Waals surface area (Å²) in [5, 5.41) is 6.91. The number of rotatable bonds is 7. The van der Waals surface area contributed by atoms with Gasteiger partial charge in [0.25, 0.3) is 5.91 Å². The number of aromatic nitrogens is 1. The molecule has 0 aliphatic heterocycles. The van der Waals surface area contributed by atoms with Gasteiger partial charge in [-0.3, -0.25) is 4.79 Å². The minimum atomic E-state index is -0.138. The van der Waals surface area contributed by atoms with E-state index in [9.17, 15) is 4.79 Å². The maximum atomic E-state index is 12.5. The standard InChI is InChI=1S/C22H24N2O4/c1-14(17-5-9-19(26-4)10-6-17)23-22(25)18-7-11-20(12-8-18)27-13-21-15(2)24-28-16(21)3/h5-12,14H,13H2,1-4H3,(H,23,25). The quantitative estimate of drug-likeness (QED) is 0.659. The highest BCUT2D eigenvalue weighted by molar-refractivity contribution is 5.94. The highest BCUT2D eigenvalue weighted by Gasteiger charge is 2.13. The Morgan fingerprint density at radius 1 is 1.07 bits per heavy atom. The summed E-state index contributed by atoms with van der Waals surface area (Å²) >= 11 is 0. The second-order valence-corrected chi connectivity index (χ2v) is 6.58. The Kier molecular flexibility index (Phi) is 5.99. The zero-order valence-corrected chi connectivity index (χ0v) is 16.5. The number of hydrogen-bond acceptors (Lipinski definition) is 5. The van der Waals surface area contributed by atoms with Crippen molar-refractivity contribution in [2.75, 3.05) is 7.11 Å².